The minimum Gasteiger partial charge on any atom is -0.481 e. The summed E-state index contributed by atoms with van der Waals surface area (Å²) in [6.45, 7) is 3.31. The molecular weight excluding hydrogens is 215 g/mol. The molecule has 82 valence electrons. The molecule has 0 radical (unpaired) electrons. The maximum Gasteiger partial charge on any atom is 0.309 e. The standard InChI is InChI=1S/C11H13FO2S/c1-11(2,10(13)14)7-15-9-5-3-4-8(12)6-9/h3-6H,7H2,1-2H3,(H,13,14). The second-order valence-corrected chi connectivity index (χ2v) is 4.98. The van der Waals surface area contributed by atoms with E-state index in [1.165, 1.54) is 23.9 Å². The van der Waals surface area contributed by atoms with Crippen molar-refractivity contribution >= 4 is 17.7 Å². The van der Waals surface area contributed by atoms with Crippen LogP contribution in [0.3, 0.4) is 0 Å². The van der Waals surface area contributed by atoms with E-state index >= 15 is 0 Å². The van der Waals surface area contributed by atoms with Crippen molar-refractivity contribution in [3.05, 3.63) is 30.1 Å². The monoisotopic (exact) mass is 228 g/mol. The molecule has 0 bridgehead atoms. The Bertz CT molecular complexity index is 363. The average molecular weight is 228 g/mol. The first-order valence-corrected chi connectivity index (χ1v) is 5.52. The molecule has 4 heteroatoms. The van der Waals surface area contributed by atoms with Gasteiger partial charge in [0.25, 0.3) is 0 Å². The van der Waals surface area contributed by atoms with Crippen molar-refractivity contribution in [1.29, 1.82) is 0 Å². The van der Waals surface area contributed by atoms with E-state index in [-0.39, 0.29) is 5.82 Å². The van der Waals surface area contributed by atoms with Crippen LogP contribution in [-0.2, 0) is 4.79 Å². The van der Waals surface area contributed by atoms with Crippen LogP contribution in [0.5, 0.6) is 0 Å². The molecule has 0 unspecified atom stereocenters. The molecule has 1 N–H and O–H groups in total. The molecule has 0 aromatic heterocycles. The van der Waals surface area contributed by atoms with Gasteiger partial charge in [0.15, 0.2) is 0 Å². The SMILES string of the molecule is CC(C)(CSc1cccc(F)c1)C(=O)O. The van der Waals surface area contributed by atoms with Crippen LogP contribution in [0.1, 0.15) is 13.8 Å². The van der Waals surface area contributed by atoms with Crippen LogP contribution in [0.25, 0.3) is 0 Å². The minimum absolute atomic E-state index is 0.298. The van der Waals surface area contributed by atoms with Crippen LogP contribution in [0.2, 0.25) is 0 Å². The fourth-order valence-electron chi connectivity index (χ4n) is 0.882. The van der Waals surface area contributed by atoms with E-state index in [9.17, 15) is 9.18 Å². The van der Waals surface area contributed by atoms with Crippen molar-refractivity contribution < 1.29 is 14.3 Å². The lowest BCUT2D eigenvalue weighted by Crippen LogP contribution is -2.26. The van der Waals surface area contributed by atoms with Crippen LogP contribution in [0, 0.1) is 11.2 Å². The molecule has 1 rings (SSSR count). The van der Waals surface area contributed by atoms with Crippen LogP contribution in [0.4, 0.5) is 4.39 Å². The van der Waals surface area contributed by atoms with Gasteiger partial charge in [-0.15, -0.1) is 11.8 Å². The molecule has 1 aromatic carbocycles. The van der Waals surface area contributed by atoms with E-state index < -0.39 is 11.4 Å². The van der Waals surface area contributed by atoms with Crippen molar-refractivity contribution in [2.75, 3.05) is 5.75 Å². The van der Waals surface area contributed by atoms with Crippen LogP contribution >= 0.6 is 11.8 Å². The van der Waals surface area contributed by atoms with Crippen molar-refractivity contribution in [2.24, 2.45) is 5.41 Å². The normalized spacial score (nSPS) is 11.4. The van der Waals surface area contributed by atoms with Gasteiger partial charge in [-0.25, -0.2) is 4.39 Å². The van der Waals surface area contributed by atoms with E-state index in [1.54, 1.807) is 26.0 Å². The maximum absolute atomic E-state index is 12.8. The number of hydrogen-bond donors (Lipinski definition) is 1. The van der Waals surface area contributed by atoms with Gasteiger partial charge in [-0.2, -0.15) is 0 Å². The Morgan fingerprint density at radius 2 is 2.20 bits per heavy atom. The molecule has 0 spiro atoms. The molecule has 1 aromatic rings. The van der Waals surface area contributed by atoms with Crippen molar-refractivity contribution in [3.63, 3.8) is 0 Å². The lowest BCUT2D eigenvalue weighted by Gasteiger charge is -2.18. The first kappa shape index (κ1) is 12.0. The number of carboxylic acid groups (broad SMARTS) is 1. The van der Waals surface area contributed by atoms with E-state index in [1.807, 2.05) is 0 Å². The number of hydrogen-bond acceptors (Lipinski definition) is 2. The largest absolute Gasteiger partial charge is 0.481 e. The van der Waals surface area contributed by atoms with Crippen LogP contribution in [-0.4, -0.2) is 16.8 Å². The van der Waals surface area contributed by atoms with Gasteiger partial charge < -0.3 is 5.11 Å². The van der Waals surface area contributed by atoms with Crippen LogP contribution in [0.15, 0.2) is 29.2 Å². The number of rotatable bonds is 4. The molecule has 0 saturated heterocycles. The first-order chi connectivity index (χ1) is 6.92. The maximum atomic E-state index is 12.8. The zero-order chi connectivity index (χ0) is 11.5. The highest BCUT2D eigenvalue weighted by Gasteiger charge is 2.26. The molecule has 0 atom stereocenters. The quantitative estimate of drug-likeness (QED) is 0.805. The molecule has 0 aliphatic rings. The molecule has 15 heavy (non-hydrogen) atoms. The van der Waals surface area contributed by atoms with Crippen molar-refractivity contribution in [1.82, 2.24) is 0 Å². The molecule has 0 amide bonds. The topological polar surface area (TPSA) is 37.3 Å². The van der Waals surface area contributed by atoms with Gasteiger partial charge >= 0.3 is 5.97 Å². The van der Waals surface area contributed by atoms with Crippen molar-refractivity contribution in [2.45, 2.75) is 18.7 Å². The third-order valence-corrected chi connectivity index (χ3v) is 3.43. The van der Waals surface area contributed by atoms with Gasteiger partial charge in [-0.05, 0) is 32.0 Å². The summed E-state index contributed by atoms with van der Waals surface area (Å²) < 4.78 is 12.8. The smallest absolute Gasteiger partial charge is 0.309 e. The summed E-state index contributed by atoms with van der Waals surface area (Å²) in [6.07, 6.45) is 0. The number of halogens is 1. The summed E-state index contributed by atoms with van der Waals surface area (Å²) in [5.74, 6) is -0.717. The molecular formula is C11H13FO2S. The molecule has 2 nitrogen and oxygen atoms in total. The van der Waals surface area contributed by atoms with Crippen molar-refractivity contribution in [3.8, 4) is 0 Å². The summed E-state index contributed by atoms with van der Waals surface area (Å²) in [4.78, 5) is 11.6. The fourth-order valence-corrected chi connectivity index (χ4v) is 1.90. The molecule has 0 aliphatic carbocycles. The molecule has 0 fully saturated rings. The summed E-state index contributed by atoms with van der Waals surface area (Å²) in [7, 11) is 0. The molecule has 0 saturated carbocycles. The average Bonchev–Trinajstić information content (AvgIpc) is 2.15. The third kappa shape index (κ3) is 3.55. The zero-order valence-corrected chi connectivity index (χ0v) is 9.47. The Hall–Kier alpha value is -1.03. The van der Waals surface area contributed by atoms with Gasteiger partial charge in [0.2, 0.25) is 0 Å². The number of thioether (sulfide) groups is 1. The molecule has 0 aliphatic heterocycles. The Morgan fingerprint density at radius 1 is 1.53 bits per heavy atom. The second-order valence-electron chi connectivity index (χ2n) is 3.94. The van der Waals surface area contributed by atoms with E-state index in [0.29, 0.717) is 5.75 Å². The lowest BCUT2D eigenvalue weighted by atomic mass is 9.97. The Kier molecular flexibility index (Phi) is 3.74. The zero-order valence-electron chi connectivity index (χ0n) is 8.66. The Morgan fingerprint density at radius 3 is 2.73 bits per heavy atom. The number of carbonyl (C=O) groups is 1. The predicted molar refractivity (Wildman–Crippen MR) is 58.5 cm³/mol. The van der Waals surface area contributed by atoms with E-state index in [2.05, 4.69) is 0 Å². The summed E-state index contributed by atoms with van der Waals surface area (Å²) in [5.41, 5.74) is -0.795. The Labute approximate surface area is 92.5 Å². The van der Waals surface area contributed by atoms with Gasteiger partial charge in [0.05, 0.1) is 5.41 Å². The summed E-state index contributed by atoms with van der Waals surface area (Å²) in [5, 5.41) is 8.89. The minimum atomic E-state index is -0.841. The Balaban J connectivity index is 2.61. The number of aliphatic carboxylic acids is 1. The summed E-state index contributed by atoms with van der Waals surface area (Å²) >= 11 is 1.35. The van der Waals surface area contributed by atoms with Gasteiger partial charge in [-0.1, -0.05) is 6.07 Å². The fraction of sp³-hybridized carbons (Fsp3) is 0.364. The van der Waals surface area contributed by atoms with E-state index in [4.69, 9.17) is 5.11 Å². The van der Waals surface area contributed by atoms with Gasteiger partial charge in [0.1, 0.15) is 5.82 Å². The first-order valence-electron chi connectivity index (χ1n) is 4.53. The third-order valence-electron chi connectivity index (χ3n) is 1.97. The highest BCUT2D eigenvalue weighted by atomic mass is 32.2. The number of carboxylic acids is 1. The lowest BCUT2D eigenvalue weighted by molar-refractivity contribution is -0.145. The number of benzene rings is 1. The highest BCUT2D eigenvalue weighted by Crippen LogP contribution is 2.27. The van der Waals surface area contributed by atoms with Gasteiger partial charge in [-0.3, -0.25) is 4.79 Å². The van der Waals surface area contributed by atoms with Crippen LogP contribution < -0.4 is 0 Å². The highest BCUT2D eigenvalue weighted by molar-refractivity contribution is 7.99. The summed E-state index contributed by atoms with van der Waals surface area (Å²) in [6, 6.07) is 6.16. The second kappa shape index (κ2) is 4.66. The predicted octanol–water partition coefficient (Wildman–Crippen LogP) is 3.03. The van der Waals surface area contributed by atoms with E-state index in [0.717, 1.165) is 4.90 Å². The molecule has 0 heterocycles. The van der Waals surface area contributed by atoms with Gasteiger partial charge in [0, 0.05) is 10.6 Å².